The molecule has 0 saturated carbocycles. The number of rotatable bonds is 8. The van der Waals surface area contributed by atoms with Gasteiger partial charge in [0.05, 0.1) is 24.1 Å². The van der Waals surface area contributed by atoms with Gasteiger partial charge in [-0.1, -0.05) is 48.2 Å². The van der Waals surface area contributed by atoms with Crippen LogP contribution in [-0.4, -0.2) is 39.0 Å². The van der Waals surface area contributed by atoms with E-state index in [-0.39, 0.29) is 12.3 Å². The first-order chi connectivity index (χ1) is 14.1. The minimum absolute atomic E-state index is 0.0266. The lowest BCUT2D eigenvalue weighted by atomic mass is 10.2. The number of hydrogen-bond acceptors (Lipinski definition) is 6. The molecule has 0 spiro atoms. The highest BCUT2D eigenvalue weighted by Crippen LogP contribution is 2.27. The molecule has 3 amide bonds. The molecule has 3 aromatic rings. The molecular formula is C20H21N5O3S. The molecule has 2 N–H and O–H groups in total. The molecule has 1 aromatic carbocycles. The van der Waals surface area contributed by atoms with Gasteiger partial charge in [-0.05, 0) is 18.6 Å². The fourth-order valence-corrected chi connectivity index (χ4v) is 3.36. The van der Waals surface area contributed by atoms with E-state index in [0.29, 0.717) is 17.5 Å². The van der Waals surface area contributed by atoms with Crippen LogP contribution in [0.25, 0.3) is 11.4 Å². The van der Waals surface area contributed by atoms with Crippen molar-refractivity contribution >= 4 is 23.7 Å². The molecule has 150 valence electrons. The Bertz CT molecular complexity index is 997. The van der Waals surface area contributed by atoms with Gasteiger partial charge in [0.2, 0.25) is 5.91 Å². The van der Waals surface area contributed by atoms with Crippen LogP contribution in [0.4, 0.5) is 4.79 Å². The van der Waals surface area contributed by atoms with Crippen LogP contribution in [-0.2, 0) is 11.3 Å². The van der Waals surface area contributed by atoms with Crippen molar-refractivity contribution in [3.05, 3.63) is 66.6 Å². The average Bonchev–Trinajstić information content (AvgIpc) is 3.31. The molecule has 8 nitrogen and oxygen atoms in total. The Balaban J connectivity index is 1.77. The van der Waals surface area contributed by atoms with Crippen molar-refractivity contribution in [3.63, 3.8) is 0 Å². The van der Waals surface area contributed by atoms with E-state index in [4.69, 9.17) is 4.42 Å². The second-order valence-electron chi connectivity index (χ2n) is 6.10. The number of nitrogens with zero attached hydrogens (tertiary/aromatic N) is 3. The minimum Gasteiger partial charge on any atom is -0.469 e. The molecule has 0 aliphatic rings. The van der Waals surface area contributed by atoms with Crippen LogP contribution in [0, 0.1) is 6.92 Å². The fraction of sp³-hybridized carbons (Fsp3) is 0.200. The molecule has 0 saturated heterocycles. The van der Waals surface area contributed by atoms with E-state index in [1.165, 1.54) is 17.8 Å². The fourth-order valence-electron chi connectivity index (χ4n) is 2.62. The smallest absolute Gasteiger partial charge is 0.321 e. The number of benzene rings is 1. The van der Waals surface area contributed by atoms with Crippen molar-refractivity contribution in [1.29, 1.82) is 0 Å². The molecule has 0 aliphatic heterocycles. The van der Waals surface area contributed by atoms with Crippen LogP contribution >= 0.6 is 11.8 Å². The summed E-state index contributed by atoms with van der Waals surface area (Å²) in [5.74, 6) is 0.997. The van der Waals surface area contributed by atoms with E-state index in [0.717, 1.165) is 16.9 Å². The van der Waals surface area contributed by atoms with Crippen molar-refractivity contribution in [1.82, 2.24) is 25.4 Å². The van der Waals surface area contributed by atoms with E-state index < -0.39 is 11.9 Å². The zero-order chi connectivity index (χ0) is 20.6. The molecule has 2 heterocycles. The van der Waals surface area contributed by atoms with Crippen LogP contribution < -0.4 is 10.6 Å². The highest BCUT2D eigenvalue weighted by atomic mass is 32.2. The zero-order valence-corrected chi connectivity index (χ0v) is 16.7. The summed E-state index contributed by atoms with van der Waals surface area (Å²) in [5, 5.41) is 13.9. The molecule has 0 aliphatic carbocycles. The molecule has 0 atom stereocenters. The molecule has 2 aromatic heterocycles. The summed E-state index contributed by atoms with van der Waals surface area (Å²) < 4.78 is 7.34. The maximum absolute atomic E-state index is 12.1. The van der Waals surface area contributed by atoms with Crippen LogP contribution in [0.3, 0.4) is 0 Å². The Hall–Kier alpha value is -3.33. The number of carbonyl (C=O) groups excluding carboxylic acids is 2. The van der Waals surface area contributed by atoms with Gasteiger partial charge in [-0.3, -0.25) is 14.7 Å². The van der Waals surface area contributed by atoms with Crippen LogP contribution in [0.2, 0.25) is 0 Å². The molecule has 9 heteroatoms. The summed E-state index contributed by atoms with van der Waals surface area (Å²) in [6.45, 7) is 6.19. The second-order valence-corrected chi connectivity index (χ2v) is 7.05. The third-order valence-electron chi connectivity index (χ3n) is 3.99. The molecule has 29 heavy (non-hydrogen) atoms. The highest BCUT2D eigenvalue weighted by Gasteiger charge is 2.19. The predicted molar refractivity (Wildman–Crippen MR) is 110 cm³/mol. The topological polar surface area (TPSA) is 102 Å². The van der Waals surface area contributed by atoms with E-state index in [1.54, 1.807) is 6.26 Å². The Labute approximate surface area is 172 Å². The van der Waals surface area contributed by atoms with Gasteiger partial charge in [-0.2, -0.15) is 0 Å². The maximum Gasteiger partial charge on any atom is 0.321 e. The number of furan rings is 1. The predicted octanol–water partition coefficient (Wildman–Crippen LogP) is 3.00. The zero-order valence-electron chi connectivity index (χ0n) is 15.9. The van der Waals surface area contributed by atoms with Gasteiger partial charge in [-0.15, -0.1) is 16.8 Å². The van der Waals surface area contributed by atoms with Gasteiger partial charge in [0.15, 0.2) is 11.0 Å². The van der Waals surface area contributed by atoms with Crippen molar-refractivity contribution in [2.75, 3.05) is 12.3 Å². The van der Waals surface area contributed by atoms with E-state index in [9.17, 15) is 9.59 Å². The number of hydrogen-bond donors (Lipinski definition) is 2. The summed E-state index contributed by atoms with van der Waals surface area (Å²) >= 11 is 1.21. The lowest BCUT2D eigenvalue weighted by molar-refractivity contribution is -0.117. The normalized spacial score (nSPS) is 10.5. The number of aromatic nitrogens is 3. The van der Waals surface area contributed by atoms with Crippen molar-refractivity contribution in [2.45, 2.75) is 18.6 Å². The SMILES string of the molecule is C=CCNC(=O)NC(=O)CSc1nnc(-c2ccoc2C)n1Cc1ccccc1. The van der Waals surface area contributed by atoms with Crippen LogP contribution in [0.1, 0.15) is 11.3 Å². The summed E-state index contributed by atoms with van der Waals surface area (Å²) in [7, 11) is 0. The van der Waals surface area contributed by atoms with E-state index in [2.05, 4.69) is 27.4 Å². The number of amides is 3. The Kier molecular flexibility index (Phi) is 6.85. The van der Waals surface area contributed by atoms with Gasteiger partial charge in [0.1, 0.15) is 5.76 Å². The standard InChI is InChI=1S/C20H21N5O3S/c1-3-10-21-19(27)22-17(26)13-29-20-24-23-18(16-9-11-28-14(16)2)25(20)12-15-7-5-4-6-8-15/h3-9,11H,1,10,12-13H2,2H3,(H2,21,22,26,27). The number of thioether (sulfide) groups is 1. The van der Waals surface area contributed by atoms with Gasteiger partial charge in [-0.25, -0.2) is 4.79 Å². The van der Waals surface area contributed by atoms with Crippen LogP contribution in [0.15, 0.2) is 64.9 Å². The van der Waals surface area contributed by atoms with Gasteiger partial charge >= 0.3 is 6.03 Å². The summed E-state index contributed by atoms with van der Waals surface area (Å²) in [4.78, 5) is 23.6. The highest BCUT2D eigenvalue weighted by molar-refractivity contribution is 7.99. The first-order valence-electron chi connectivity index (χ1n) is 8.91. The second kappa shape index (κ2) is 9.74. The summed E-state index contributed by atoms with van der Waals surface area (Å²) in [5.41, 5.74) is 1.92. The number of aryl methyl sites for hydroxylation is 1. The van der Waals surface area contributed by atoms with Crippen molar-refractivity contribution in [3.8, 4) is 11.4 Å². The van der Waals surface area contributed by atoms with Gasteiger partial charge < -0.3 is 9.73 Å². The van der Waals surface area contributed by atoms with Crippen molar-refractivity contribution < 1.29 is 14.0 Å². The molecule has 0 unspecified atom stereocenters. The lowest BCUT2D eigenvalue weighted by Crippen LogP contribution is -2.40. The summed E-state index contributed by atoms with van der Waals surface area (Å²) in [6.07, 6.45) is 3.14. The third kappa shape index (κ3) is 5.35. The largest absolute Gasteiger partial charge is 0.469 e. The molecule has 3 rings (SSSR count). The minimum atomic E-state index is -0.559. The third-order valence-corrected chi connectivity index (χ3v) is 4.96. The number of nitrogens with one attached hydrogen (secondary N) is 2. The van der Waals surface area contributed by atoms with E-state index in [1.807, 2.05) is 47.9 Å². The van der Waals surface area contributed by atoms with E-state index >= 15 is 0 Å². The molecule has 0 fully saturated rings. The number of carbonyl (C=O) groups is 2. The molecular weight excluding hydrogens is 390 g/mol. The molecule has 0 radical (unpaired) electrons. The Morgan fingerprint density at radius 1 is 1.24 bits per heavy atom. The quantitative estimate of drug-likeness (QED) is 0.436. The lowest BCUT2D eigenvalue weighted by Gasteiger charge is -2.10. The number of imide groups is 1. The molecule has 0 bridgehead atoms. The van der Waals surface area contributed by atoms with Crippen molar-refractivity contribution in [2.24, 2.45) is 0 Å². The first kappa shape index (κ1) is 20.4. The summed E-state index contributed by atoms with van der Waals surface area (Å²) in [6, 6.07) is 11.2. The maximum atomic E-state index is 12.1. The number of urea groups is 1. The average molecular weight is 411 g/mol. The first-order valence-corrected chi connectivity index (χ1v) is 9.90. The van der Waals surface area contributed by atoms with Crippen LogP contribution in [0.5, 0.6) is 0 Å². The monoisotopic (exact) mass is 411 g/mol. The Morgan fingerprint density at radius 3 is 2.72 bits per heavy atom. The van der Waals surface area contributed by atoms with Gasteiger partial charge in [0.25, 0.3) is 0 Å². The Morgan fingerprint density at radius 2 is 2.03 bits per heavy atom. The van der Waals surface area contributed by atoms with Gasteiger partial charge in [0, 0.05) is 6.54 Å².